The normalized spacial score (nSPS) is 13.0. The van der Waals surface area contributed by atoms with Gasteiger partial charge in [0.05, 0.1) is 91.0 Å². The fourth-order valence-electron chi connectivity index (χ4n) is 11.3. The van der Waals surface area contributed by atoms with Gasteiger partial charge < -0.3 is 70.6 Å². The number of hydrogen-bond acceptors (Lipinski definition) is 20. The largest absolute Gasteiger partial charge is 0.508 e. The van der Waals surface area contributed by atoms with Gasteiger partial charge in [0.1, 0.15) is 17.5 Å². The molecule has 0 bridgehead atoms. The van der Waals surface area contributed by atoms with E-state index >= 15 is 0 Å². The van der Waals surface area contributed by atoms with Crippen LogP contribution in [0.3, 0.4) is 0 Å². The zero-order valence-corrected chi connectivity index (χ0v) is 60.8. The van der Waals surface area contributed by atoms with Crippen LogP contribution in [0.25, 0.3) is 17.1 Å². The molecule has 1 aliphatic rings. The molecule has 554 valence electrons. The number of nitrogens with zero attached hydrogens (tertiary/aromatic N) is 8. The number of halogens is 1. The average molecular weight is 1510 g/mol. The van der Waals surface area contributed by atoms with Crippen molar-refractivity contribution in [1.82, 2.24) is 60.5 Å². The minimum atomic E-state index is -1.08. The first-order valence-electron chi connectivity index (χ1n) is 34.6. The maximum Gasteiger partial charge on any atom is 0.317 e. The highest BCUT2D eigenvalue weighted by Gasteiger charge is 2.28. The van der Waals surface area contributed by atoms with Gasteiger partial charge >= 0.3 is 17.9 Å². The lowest BCUT2D eigenvalue weighted by atomic mass is 9.90. The van der Waals surface area contributed by atoms with Gasteiger partial charge in [-0.2, -0.15) is 0 Å². The lowest BCUT2D eigenvalue weighted by molar-refractivity contribution is -0.140. The van der Waals surface area contributed by atoms with Crippen LogP contribution in [-0.2, 0) is 65.4 Å². The number of aromatic nitrogens is 3. The molecule has 0 spiro atoms. The number of benzene rings is 3. The number of piperidine rings is 1. The SMILES string of the molecule is CCNC(=O)c1nnc(-c2cc(C(C)C)c(O)cc2O)n1-c1ccc(CC2CCN(C(=O)CCOCCOCCOCCOCCNC(=O)[C@H](CCCCNC(=O)CCCc3ccc(I)cc3)NC(=O)CN(CC)CCN(CCN(CCN(C)CC(=O)O)CC(=O)O)CC(=O)O)CC2)cc1. The molecular weight excluding hydrogens is 1410 g/mol. The first kappa shape index (κ1) is 83.2. The number of phenols is 2. The highest BCUT2D eigenvalue weighted by atomic mass is 127. The van der Waals surface area contributed by atoms with E-state index in [9.17, 15) is 58.8 Å². The summed E-state index contributed by atoms with van der Waals surface area (Å²) in [7, 11) is 1.61. The van der Waals surface area contributed by atoms with Crippen LogP contribution in [0.5, 0.6) is 11.5 Å². The summed E-state index contributed by atoms with van der Waals surface area (Å²) < 4.78 is 25.4. The second-order valence-corrected chi connectivity index (χ2v) is 26.3. The Hall–Kier alpha value is -7.43. The number of hydrogen-bond donors (Lipinski definition) is 9. The molecule has 0 saturated carbocycles. The Balaban J connectivity index is 0.958. The number of likely N-dealkylation sites (tertiary alicyclic amines) is 1. The number of amides is 5. The van der Waals surface area contributed by atoms with Crippen molar-refractivity contribution in [1.29, 1.82) is 0 Å². The smallest absolute Gasteiger partial charge is 0.317 e. The Bertz CT molecular complexity index is 3170. The first-order valence-corrected chi connectivity index (χ1v) is 35.7. The van der Waals surface area contributed by atoms with E-state index < -0.39 is 41.7 Å². The molecule has 1 aliphatic heterocycles. The highest BCUT2D eigenvalue weighted by Crippen LogP contribution is 2.38. The number of carbonyl (C=O) groups excluding carboxylic acids is 5. The average Bonchev–Trinajstić information content (AvgIpc) is 1.56. The molecule has 0 aliphatic carbocycles. The number of phenolic OH excluding ortho intramolecular Hbond substituents is 2. The van der Waals surface area contributed by atoms with Gasteiger partial charge in [-0.1, -0.05) is 45.0 Å². The molecule has 100 heavy (non-hydrogen) atoms. The van der Waals surface area contributed by atoms with Crippen LogP contribution < -0.4 is 21.3 Å². The first-order chi connectivity index (χ1) is 48.0. The van der Waals surface area contributed by atoms with Gasteiger partial charge in [0, 0.05) is 93.7 Å². The molecule has 0 radical (unpaired) electrons. The standard InChI is InChI=1S/C70H105IN12O17/c1-6-72-70(96)68-77-76-67(57-44-56(50(3)4)59(84)45-60(57)85)83(68)55-20-16-52(17-21-55)43-53-22-27-82(28-23-53)63(88)24-35-97-37-39-99-41-42-100-40-38-98-36-26-74-69(95)58(12-8-9-25-73-61(86)13-10-11-51-14-18-54(71)19-15-51)75-62(87)46-79(7-2)31-32-81(49-66(93)94)34-33-80(48-65(91)92)30-29-78(5)47-64(89)90/h14-21,44-45,50,53,58,84-85H,6-13,22-43,46-49H2,1-5H3,(H,72,96)(H,73,86)(H,74,95)(H,75,87)(H,89,90)(H,91,92)(H,93,94)/t58-/m0/s1. The van der Waals surface area contributed by atoms with Gasteiger partial charge in [-0.15, -0.1) is 10.2 Å². The number of nitrogens with one attached hydrogen (secondary N) is 4. The van der Waals surface area contributed by atoms with Crippen LogP contribution in [0.15, 0.2) is 60.7 Å². The highest BCUT2D eigenvalue weighted by molar-refractivity contribution is 14.1. The molecule has 1 fully saturated rings. The van der Waals surface area contributed by atoms with Crippen LogP contribution in [0.1, 0.15) is 112 Å². The Morgan fingerprint density at radius 1 is 0.620 bits per heavy atom. The predicted octanol–water partition coefficient (Wildman–Crippen LogP) is 4.08. The van der Waals surface area contributed by atoms with Gasteiger partial charge in [-0.05, 0) is 153 Å². The molecule has 5 rings (SSSR count). The predicted molar refractivity (Wildman–Crippen MR) is 382 cm³/mol. The van der Waals surface area contributed by atoms with E-state index in [1.54, 1.807) is 32.4 Å². The minimum Gasteiger partial charge on any atom is -0.508 e. The monoisotopic (exact) mass is 1510 g/mol. The fraction of sp³-hybridized carbons (Fsp3) is 0.600. The topological polar surface area (TPSA) is 370 Å². The van der Waals surface area contributed by atoms with E-state index in [1.807, 2.05) is 73.9 Å². The second kappa shape index (κ2) is 46.2. The molecule has 29 nitrogen and oxygen atoms in total. The molecular formula is C70H105IN12O17. The number of carboxylic acids is 3. The van der Waals surface area contributed by atoms with E-state index in [0.29, 0.717) is 121 Å². The number of ether oxygens (including phenoxy) is 4. The molecule has 0 unspecified atom stereocenters. The Morgan fingerprint density at radius 3 is 1.79 bits per heavy atom. The summed E-state index contributed by atoms with van der Waals surface area (Å²) >= 11 is 2.25. The number of aliphatic carboxylic acids is 3. The molecule has 3 aromatic carbocycles. The van der Waals surface area contributed by atoms with Crippen molar-refractivity contribution in [3.05, 3.63) is 86.7 Å². The summed E-state index contributed by atoms with van der Waals surface area (Å²) in [6.07, 6.45) is 6.05. The Kier molecular flexibility index (Phi) is 38.4. The summed E-state index contributed by atoms with van der Waals surface area (Å²) in [4.78, 5) is 109. The van der Waals surface area contributed by atoms with Crippen molar-refractivity contribution in [2.24, 2.45) is 5.92 Å². The minimum absolute atomic E-state index is 0.0334. The maximum absolute atomic E-state index is 13.6. The summed E-state index contributed by atoms with van der Waals surface area (Å²) in [6, 6.07) is 18.1. The Labute approximate surface area is 600 Å². The lowest BCUT2D eigenvalue weighted by Crippen LogP contribution is -2.50. The lowest BCUT2D eigenvalue weighted by Gasteiger charge is -2.32. The quantitative estimate of drug-likeness (QED) is 0.0222. The van der Waals surface area contributed by atoms with Gasteiger partial charge in [-0.3, -0.25) is 62.5 Å². The zero-order valence-electron chi connectivity index (χ0n) is 58.6. The number of aryl methyl sites for hydroxylation is 1. The number of carboxylic acid groups (broad SMARTS) is 3. The number of likely N-dealkylation sites (N-methyl/N-ethyl adjacent to an activating group) is 2. The molecule has 2 heterocycles. The molecule has 30 heteroatoms. The van der Waals surface area contributed by atoms with E-state index in [1.165, 1.54) is 11.6 Å². The van der Waals surface area contributed by atoms with E-state index in [2.05, 4.69) is 66.2 Å². The molecule has 1 atom stereocenters. The van der Waals surface area contributed by atoms with Gasteiger partial charge in [-0.25, -0.2) is 0 Å². The van der Waals surface area contributed by atoms with E-state index in [4.69, 9.17) is 24.1 Å². The molecule has 1 aromatic heterocycles. The fourth-order valence-corrected chi connectivity index (χ4v) is 11.7. The Morgan fingerprint density at radius 2 is 1.20 bits per heavy atom. The third-order valence-electron chi connectivity index (χ3n) is 16.9. The van der Waals surface area contributed by atoms with Crippen molar-refractivity contribution in [2.75, 3.05) is 165 Å². The number of carbonyl (C=O) groups is 8. The number of unbranched alkanes of at least 4 members (excludes halogenated alkanes) is 1. The van der Waals surface area contributed by atoms with Crippen molar-refractivity contribution in [2.45, 2.75) is 104 Å². The van der Waals surface area contributed by atoms with E-state index in [-0.39, 0.29) is 139 Å². The molecule has 5 amide bonds. The summed E-state index contributed by atoms with van der Waals surface area (Å²) in [5.41, 5.74) is 3.86. The van der Waals surface area contributed by atoms with Crippen LogP contribution in [-0.4, -0.2) is 283 Å². The van der Waals surface area contributed by atoms with Gasteiger partial charge in [0.2, 0.25) is 29.5 Å². The van der Waals surface area contributed by atoms with Crippen molar-refractivity contribution in [3.63, 3.8) is 0 Å². The molecule has 4 aromatic rings. The van der Waals surface area contributed by atoms with Crippen LogP contribution in [0.4, 0.5) is 0 Å². The van der Waals surface area contributed by atoms with E-state index in [0.717, 1.165) is 34.8 Å². The van der Waals surface area contributed by atoms with Crippen LogP contribution >= 0.6 is 22.6 Å². The van der Waals surface area contributed by atoms with Crippen LogP contribution in [0.2, 0.25) is 0 Å². The second-order valence-electron chi connectivity index (χ2n) is 25.1. The maximum atomic E-state index is 13.6. The molecule has 9 N–H and O–H groups in total. The number of aromatic hydroxyl groups is 2. The third-order valence-corrected chi connectivity index (χ3v) is 17.6. The van der Waals surface area contributed by atoms with Crippen molar-refractivity contribution in [3.8, 4) is 28.6 Å². The van der Waals surface area contributed by atoms with Gasteiger partial charge in [0.15, 0.2) is 5.82 Å². The summed E-state index contributed by atoms with van der Waals surface area (Å²) in [5, 5.41) is 69.7. The summed E-state index contributed by atoms with van der Waals surface area (Å²) in [6.45, 7) is 13.0. The van der Waals surface area contributed by atoms with Crippen molar-refractivity contribution >= 4 is 70.0 Å². The molecule has 1 saturated heterocycles. The number of rotatable bonds is 51. The third kappa shape index (κ3) is 31.6. The van der Waals surface area contributed by atoms with Gasteiger partial charge in [0.25, 0.3) is 5.91 Å². The van der Waals surface area contributed by atoms with Crippen LogP contribution in [0, 0.1) is 9.49 Å². The zero-order chi connectivity index (χ0) is 72.8. The summed E-state index contributed by atoms with van der Waals surface area (Å²) in [5.74, 6) is -3.99. The van der Waals surface area contributed by atoms with Crippen molar-refractivity contribution < 1.29 is 82.8 Å².